The lowest BCUT2D eigenvalue weighted by molar-refractivity contribution is 0.156. The summed E-state index contributed by atoms with van der Waals surface area (Å²) in [5, 5.41) is 3.44. The topological polar surface area (TPSA) is 18.5 Å². The molecule has 1 atom stereocenters. The van der Waals surface area contributed by atoms with Crippen LogP contribution in [0.4, 0.5) is 0 Å². The Labute approximate surface area is 124 Å². The molecule has 1 fully saturated rings. The molecule has 0 aliphatic carbocycles. The highest BCUT2D eigenvalue weighted by Gasteiger charge is 2.24. The number of rotatable bonds is 5. The summed E-state index contributed by atoms with van der Waals surface area (Å²) >= 11 is 0. The lowest BCUT2D eigenvalue weighted by Crippen LogP contribution is -2.52. The van der Waals surface area contributed by atoms with E-state index in [0.717, 1.165) is 25.6 Å². The molecule has 3 heteroatoms. The molecule has 2 aliphatic heterocycles. The molecule has 0 aromatic rings. The highest BCUT2D eigenvalue weighted by atomic mass is 15.3. The average Bonchev–Trinajstić information content (AvgIpc) is 2.46. The van der Waals surface area contributed by atoms with Crippen LogP contribution in [0.3, 0.4) is 0 Å². The highest BCUT2D eigenvalue weighted by Crippen LogP contribution is 2.20. The van der Waals surface area contributed by atoms with Crippen LogP contribution in [0.2, 0.25) is 0 Å². The van der Waals surface area contributed by atoms with Crippen molar-refractivity contribution in [2.45, 2.75) is 39.7 Å². The van der Waals surface area contributed by atoms with Crippen molar-refractivity contribution in [2.75, 3.05) is 39.3 Å². The summed E-state index contributed by atoms with van der Waals surface area (Å²) in [4.78, 5) is 5.21. The van der Waals surface area contributed by atoms with Crippen LogP contribution in [0.1, 0.15) is 33.6 Å². The summed E-state index contributed by atoms with van der Waals surface area (Å²) in [5.41, 5.74) is 1.44. The van der Waals surface area contributed by atoms with Gasteiger partial charge in [0.15, 0.2) is 0 Å². The Hall–Kier alpha value is -0.800. The summed E-state index contributed by atoms with van der Waals surface area (Å²) in [5.74, 6) is 0.718. The normalized spacial score (nSPS) is 26.7. The Balaban J connectivity index is 2.04. The molecule has 0 bridgehead atoms. The Bertz CT molecular complexity index is 340. The van der Waals surface area contributed by atoms with E-state index in [2.05, 4.69) is 54.1 Å². The van der Waals surface area contributed by atoms with Gasteiger partial charge in [-0.1, -0.05) is 39.3 Å². The third kappa shape index (κ3) is 4.35. The standard InChI is InChI=1S/C17H31N3/c1-4-5-6-16-7-8-17(14-20(16)13-15(2)3)19-11-9-18-10-12-19/h6-8,15,17-18H,4-5,9-14H2,1-3H3/b16-6+. The van der Waals surface area contributed by atoms with Gasteiger partial charge < -0.3 is 10.2 Å². The van der Waals surface area contributed by atoms with Gasteiger partial charge in [0.2, 0.25) is 0 Å². The zero-order valence-corrected chi connectivity index (χ0v) is 13.4. The maximum atomic E-state index is 3.44. The Morgan fingerprint density at radius 2 is 2.10 bits per heavy atom. The van der Waals surface area contributed by atoms with E-state index in [1.54, 1.807) is 0 Å². The molecular weight excluding hydrogens is 246 g/mol. The van der Waals surface area contributed by atoms with E-state index in [0.29, 0.717) is 6.04 Å². The Morgan fingerprint density at radius 3 is 2.75 bits per heavy atom. The van der Waals surface area contributed by atoms with Crippen LogP contribution in [0, 0.1) is 5.92 Å². The SMILES string of the molecule is CCC/C=C1\C=CC(N2CCNCC2)CN1CC(C)C. The molecule has 2 aliphatic rings. The van der Waals surface area contributed by atoms with Gasteiger partial charge in [-0.2, -0.15) is 0 Å². The largest absolute Gasteiger partial charge is 0.370 e. The van der Waals surface area contributed by atoms with Gasteiger partial charge in [0, 0.05) is 51.0 Å². The van der Waals surface area contributed by atoms with Crippen molar-refractivity contribution in [2.24, 2.45) is 5.92 Å². The lowest BCUT2D eigenvalue weighted by atomic mass is 10.0. The number of unbranched alkanes of at least 4 members (excludes halogenated alkanes) is 1. The molecule has 0 amide bonds. The van der Waals surface area contributed by atoms with E-state index in [1.807, 2.05) is 0 Å². The number of allylic oxidation sites excluding steroid dienone is 2. The first-order valence-corrected chi connectivity index (χ1v) is 8.28. The number of hydrogen-bond acceptors (Lipinski definition) is 3. The quantitative estimate of drug-likeness (QED) is 0.833. The number of nitrogens with zero attached hydrogens (tertiary/aromatic N) is 2. The van der Waals surface area contributed by atoms with Crippen molar-refractivity contribution in [1.82, 2.24) is 15.1 Å². The second-order valence-corrected chi connectivity index (χ2v) is 6.43. The smallest absolute Gasteiger partial charge is 0.0458 e. The lowest BCUT2D eigenvalue weighted by Gasteiger charge is -2.40. The molecule has 1 saturated heterocycles. The number of piperazine rings is 1. The zero-order chi connectivity index (χ0) is 14.4. The van der Waals surface area contributed by atoms with E-state index in [4.69, 9.17) is 0 Å². The Morgan fingerprint density at radius 1 is 1.35 bits per heavy atom. The first-order valence-electron chi connectivity index (χ1n) is 8.28. The van der Waals surface area contributed by atoms with E-state index in [9.17, 15) is 0 Å². The zero-order valence-electron chi connectivity index (χ0n) is 13.4. The van der Waals surface area contributed by atoms with Crippen LogP contribution in [-0.2, 0) is 0 Å². The van der Waals surface area contributed by atoms with Gasteiger partial charge in [0.25, 0.3) is 0 Å². The average molecular weight is 277 g/mol. The van der Waals surface area contributed by atoms with Gasteiger partial charge in [0.05, 0.1) is 0 Å². The van der Waals surface area contributed by atoms with Crippen molar-refractivity contribution in [3.63, 3.8) is 0 Å². The summed E-state index contributed by atoms with van der Waals surface area (Å²) in [6.07, 6.45) is 9.60. The molecule has 0 aromatic carbocycles. The molecule has 0 spiro atoms. The van der Waals surface area contributed by atoms with E-state index in [-0.39, 0.29) is 0 Å². The first kappa shape index (κ1) is 15.6. The molecule has 0 aromatic heterocycles. The van der Waals surface area contributed by atoms with E-state index in [1.165, 1.54) is 38.2 Å². The van der Waals surface area contributed by atoms with Crippen LogP contribution in [0.5, 0.6) is 0 Å². The summed E-state index contributed by atoms with van der Waals surface area (Å²) < 4.78 is 0. The fourth-order valence-corrected chi connectivity index (χ4v) is 3.07. The molecule has 0 radical (unpaired) electrons. The van der Waals surface area contributed by atoms with Crippen LogP contribution in [0.25, 0.3) is 0 Å². The fraction of sp³-hybridized carbons (Fsp3) is 0.765. The Kier molecular flexibility index (Phi) is 6.11. The second-order valence-electron chi connectivity index (χ2n) is 6.43. The van der Waals surface area contributed by atoms with Crippen molar-refractivity contribution in [3.05, 3.63) is 23.9 Å². The first-order chi connectivity index (χ1) is 9.70. The highest BCUT2D eigenvalue weighted by molar-refractivity contribution is 5.24. The van der Waals surface area contributed by atoms with Gasteiger partial charge in [-0.25, -0.2) is 0 Å². The van der Waals surface area contributed by atoms with Gasteiger partial charge >= 0.3 is 0 Å². The minimum Gasteiger partial charge on any atom is -0.370 e. The molecule has 2 heterocycles. The van der Waals surface area contributed by atoms with Gasteiger partial charge in [-0.3, -0.25) is 4.90 Å². The molecule has 2 rings (SSSR count). The molecule has 20 heavy (non-hydrogen) atoms. The maximum absolute atomic E-state index is 3.44. The van der Waals surface area contributed by atoms with Crippen LogP contribution >= 0.6 is 0 Å². The molecule has 0 saturated carbocycles. The van der Waals surface area contributed by atoms with Crippen molar-refractivity contribution in [1.29, 1.82) is 0 Å². The van der Waals surface area contributed by atoms with E-state index < -0.39 is 0 Å². The third-order valence-corrected chi connectivity index (χ3v) is 4.11. The summed E-state index contributed by atoms with van der Waals surface area (Å²) in [6, 6.07) is 0.592. The predicted octanol–water partition coefficient (Wildman–Crippen LogP) is 2.47. The number of nitrogens with one attached hydrogen (secondary N) is 1. The molecule has 1 unspecified atom stereocenters. The minimum absolute atomic E-state index is 0.592. The van der Waals surface area contributed by atoms with Gasteiger partial charge in [-0.15, -0.1) is 0 Å². The number of hydrogen-bond donors (Lipinski definition) is 1. The van der Waals surface area contributed by atoms with Crippen molar-refractivity contribution >= 4 is 0 Å². The third-order valence-electron chi connectivity index (χ3n) is 4.11. The van der Waals surface area contributed by atoms with Gasteiger partial charge in [-0.05, 0) is 18.4 Å². The summed E-state index contributed by atoms with van der Waals surface area (Å²) in [6.45, 7) is 13.8. The van der Waals surface area contributed by atoms with Crippen LogP contribution in [0.15, 0.2) is 23.9 Å². The minimum atomic E-state index is 0.592. The molecular formula is C17H31N3. The van der Waals surface area contributed by atoms with Crippen molar-refractivity contribution in [3.8, 4) is 0 Å². The van der Waals surface area contributed by atoms with Crippen molar-refractivity contribution < 1.29 is 0 Å². The molecule has 1 N–H and O–H groups in total. The van der Waals surface area contributed by atoms with Crippen LogP contribution < -0.4 is 5.32 Å². The van der Waals surface area contributed by atoms with Gasteiger partial charge in [0.1, 0.15) is 0 Å². The fourth-order valence-electron chi connectivity index (χ4n) is 3.07. The predicted molar refractivity (Wildman–Crippen MR) is 86.8 cm³/mol. The molecule has 3 nitrogen and oxygen atoms in total. The second kappa shape index (κ2) is 7.84. The monoisotopic (exact) mass is 277 g/mol. The van der Waals surface area contributed by atoms with E-state index >= 15 is 0 Å². The van der Waals surface area contributed by atoms with Crippen LogP contribution in [-0.4, -0.2) is 55.1 Å². The molecule has 114 valence electrons. The summed E-state index contributed by atoms with van der Waals surface area (Å²) in [7, 11) is 0. The maximum Gasteiger partial charge on any atom is 0.0458 e.